The molecule has 1 fully saturated rings. The molecule has 84 valence electrons. The summed E-state index contributed by atoms with van der Waals surface area (Å²) in [5.41, 5.74) is 0. The van der Waals surface area contributed by atoms with Crippen LogP contribution in [0.5, 0.6) is 0 Å². The van der Waals surface area contributed by atoms with Crippen molar-refractivity contribution in [3.05, 3.63) is 0 Å². The summed E-state index contributed by atoms with van der Waals surface area (Å²) in [6.07, 6.45) is 5.01. The van der Waals surface area contributed by atoms with E-state index in [1.165, 1.54) is 44.8 Å². The maximum atomic E-state index is 3.46. The number of piperidine rings is 1. The molecule has 0 spiro atoms. The Labute approximate surface area is 92.8 Å². The Morgan fingerprint density at radius 3 is 3.07 bits per heavy atom. The summed E-state index contributed by atoms with van der Waals surface area (Å²) < 4.78 is 0. The highest BCUT2D eigenvalue weighted by Crippen LogP contribution is 2.15. The van der Waals surface area contributed by atoms with E-state index >= 15 is 0 Å². The van der Waals surface area contributed by atoms with Crippen molar-refractivity contribution < 1.29 is 0 Å². The molecule has 1 atom stereocenters. The van der Waals surface area contributed by atoms with Crippen molar-refractivity contribution in [2.45, 2.75) is 19.8 Å². The van der Waals surface area contributed by atoms with Crippen LogP contribution in [0.15, 0.2) is 0 Å². The second-order valence-electron chi connectivity index (χ2n) is 4.11. The number of rotatable bonds is 6. The third-order valence-electron chi connectivity index (χ3n) is 2.90. The minimum absolute atomic E-state index is 0.894. The number of thioether (sulfide) groups is 1. The minimum atomic E-state index is 0.894. The highest BCUT2D eigenvalue weighted by atomic mass is 32.2. The lowest BCUT2D eigenvalue weighted by Gasteiger charge is -2.32. The monoisotopic (exact) mass is 216 g/mol. The van der Waals surface area contributed by atoms with E-state index < -0.39 is 0 Å². The molecule has 0 aromatic rings. The van der Waals surface area contributed by atoms with Gasteiger partial charge in [-0.05, 0) is 44.6 Å². The van der Waals surface area contributed by atoms with Crippen LogP contribution in [0.25, 0.3) is 0 Å². The quantitative estimate of drug-likeness (QED) is 0.727. The van der Waals surface area contributed by atoms with Gasteiger partial charge in [0.2, 0.25) is 0 Å². The third kappa shape index (κ3) is 4.67. The normalized spacial score (nSPS) is 24.0. The van der Waals surface area contributed by atoms with Crippen LogP contribution in [0, 0.1) is 5.92 Å². The summed E-state index contributed by atoms with van der Waals surface area (Å²) in [5.74, 6) is 2.18. The molecule has 0 bridgehead atoms. The molecule has 1 rings (SSSR count). The van der Waals surface area contributed by atoms with Gasteiger partial charge in [0, 0.05) is 18.8 Å². The van der Waals surface area contributed by atoms with E-state index in [0.717, 1.165) is 12.5 Å². The Hall–Kier alpha value is 0.270. The zero-order chi connectivity index (χ0) is 10.2. The van der Waals surface area contributed by atoms with Crippen LogP contribution in [-0.4, -0.2) is 49.6 Å². The Morgan fingerprint density at radius 1 is 1.50 bits per heavy atom. The highest BCUT2D eigenvalue weighted by Gasteiger charge is 2.18. The number of hydrogen-bond acceptors (Lipinski definition) is 3. The zero-order valence-corrected chi connectivity index (χ0v) is 10.4. The number of hydrogen-bond donors (Lipinski definition) is 1. The first-order valence-electron chi connectivity index (χ1n) is 5.78. The molecule has 1 N–H and O–H groups in total. The highest BCUT2D eigenvalue weighted by molar-refractivity contribution is 7.98. The SMILES string of the molecule is CCNCC1CCCN(CCSC)C1. The van der Waals surface area contributed by atoms with E-state index in [0.29, 0.717) is 0 Å². The first kappa shape index (κ1) is 12.3. The summed E-state index contributed by atoms with van der Waals surface area (Å²) in [6, 6.07) is 0. The second-order valence-corrected chi connectivity index (χ2v) is 5.09. The first-order chi connectivity index (χ1) is 6.86. The largest absolute Gasteiger partial charge is 0.317 e. The molecule has 0 aromatic carbocycles. The smallest absolute Gasteiger partial charge is 0.00724 e. The van der Waals surface area contributed by atoms with Crippen molar-refractivity contribution in [3.63, 3.8) is 0 Å². The molecule has 2 nitrogen and oxygen atoms in total. The molecule has 0 aliphatic carbocycles. The van der Waals surface area contributed by atoms with Gasteiger partial charge in [0.05, 0.1) is 0 Å². The van der Waals surface area contributed by atoms with Crippen molar-refractivity contribution >= 4 is 11.8 Å². The van der Waals surface area contributed by atoms with E-state index in [1.807, 2.05) is 11.8 Å². The fourth-order valence-electron chi connectivity index (χ4n) is 2.09. The molecule has 1 heterocycles. The van der Waals surface area contributed by atoms with Crippen molar-refractivity contribution in [2.24, 2.45) is 5.92 Å². The fraction of sp³-hybridized carbons (Fsp3) is 1.00. The van der Waals surface area contributed by atoms with Crippen LogP contribution in [0.3, 0.4) is 0 Å². The molecule has 3 heteroatoms. The van der Waals surface area contributed by atoms with Crippen LogP contribution in [0.2, 0.25) is 0 Å². The predicted octanol–water partition coefficient (Wildman–Crippen LogP) is 1.67. The molecule has 1 aliphatic heterocycles. The molecule has 14 heavy (non-hydrogen) atoms. The average molecular weight is 216 g/mol. The number of likely N-dealkylation sites (tertiary alicyclic amines) is 1. The van der Waals surface area contributed by atoms with E-state index in [4.69, 9.17) is 0 Å². The lowest BCUT2D eigenvalue weighted by atomic mass is 9.98. The second kappa shape index (κ2) is 7.55. The molecular weight excluding hydrogens is 192 g/mol. The van der Waals surface area contributed by atoms with Crippen LogP contribution in [-0.2, 0) is 0 Å². The Balaban J connectivity index is 2.14. The number of nitrogens with one attached hydrogen (secondary N) is 1. The van der Waals surface area contributed by atoms with Gasteiger partial charge in [0.25, 0.3) is 0 Å². The Morgan fingerprint density at radius 2 is 2.36 bits per heavy atom. The van der Waals surface area contributed by atoms with Crippen molar-refractivity contribution in [3.8, 4) is 0 Å². The minimum Gasteiger partial charge on any atom is -0.317 e. The molecule has 1 aliphatic rings. The molecule has 0 saturated carbocycles. The van der Waals surface area contributed by atoms with Crippen LogP contribution < -0.4 is 5.32 Å². The molecule has 1 saturated heterocycles. The Kier molecular flexibility index (Phi) is 6.65. The van der Waals surface area contributed by atoms with E-state index in [2.05, 4.69) is 23.4 Å². The van der Waals surface area contributed by atoms with Crippen molar-refractivity contribution in [1.82, 2.24) is 10.2 Å². The molecule has 0 radical (unpaired) electrons. The fourth-order valence-corrected chi connectivity index (χ4v) is 2.53. The summed E-state index contributed by atoms with van der Waals surface area (Å²) >= 11 is 1.96. The lowest BCUT2D eigenvalue weighted by Crippen LogP contribution is -2.40. The third-order valence-corrected chi connectivity index (χ3v) is 3.49. The van der Waals surface area contributed by atoms with E-state index in [1.54, 1.807) is 0 Å². The summed E-state index contributed by atoms with van der Waals surface area (Å²) in [5, 5.41) is 3.46. The molecule has 0 aromatic heterocycles. The summed E-state index contributed by atoms with van der Waals surface area (Å²) in [4.78, 5) is 2.63. The topological polar surface area (TPSA) is 15.3 Å². The summed E-state index contributed by atoms with van der Waals surface area (Å²) in [7, 11) is 0. The first-order valence-corrected chi connectivity index (χ1v) is 7.18. The maximum Gasteiger partial charge on any atom is 0.00724 e. The molecule has 0 amide bonds. The van der Waals surface area contributed by atoms with Crippen LogP contribution in [0.4, 0.5) is 0 Å². The van der Waals surface area contributed by atoms with Crippen LogP contribution in [0.1, 0.15) is 19.8 Å². The van der Waals surface area contributed by atoms with Crippen molar-refractivity contribution in [2.75, 3.05) is 44.7 Å². The van der Waals surface area contributed by atoms with Gasteiger partial charge in [-0.15, -0.1) is 0 Å². The van der Waals surface area contributed by atoms with Gasteiger partial charge in [0.1, 0.15) is 0 Å². The predicted molar refractivity (Wildman–Crippen MR) is 66.1 cm³/mol. The Bertz CT molecular complexity index is 127. The van der Waals surface area contributed by atoms with Gasteiger partial charge in [-0.1, -0.05) is 6.92 Å². The molecular formula is C11H24N2S. The van der Waals surface area contributed by atoms with Gasteiger partial charge in [-0.3, -0.25) is 0 Å². The summed E-state index contributed by atoms with van der Waals surface area (Å²) in [6.45, 7) is 8.43. The average Bonchev–Trinajstić information content (AvgIpc) is 2.24. The van der Waals surface area contributed by atoms with Crippen molar-refractivity contribution in [1.29, 1.82) is 0 Å². The number of nitrogens with zero attached hydrogens (tertiary/aromatic N) is 1. The lowest BCUT2D eigenvalue weighted by molar-refractivity contribution is 0.182. The van der Waals surface area contributed by atoms with E-state index in [-0.39, 0.29) is 0 Å². The van der Waals surface area contributed by atoms with Gasteiger partial charge in [0.15, 0.2) is 0 Å². The standard InChI is InChI=1S/C11H24N2S/c1-3-12-9-11-5-4-6-13(10-11)7-8-14-2/h11-12H,3-10H2,1-2H3. The molecule has 1 unspecified atom stereocenters. The van der Waals surface area contributed by atoms with E-state index in [9.17, 15) is 0 Å². The van der Waals surface area contributed by atoms with Gasteiger partial charge in [-0.2, -0.15) is 11.8 Å². The van der Waals surface area contributed by atoms with Crippen LogP contribution >= 0.6 is 11.8 Å². The zero-order valence-electron chi connectivity index (χ0n) is 9.59. The maximum absolute atomic E-state index is 3.46. The van der Waals surface area contributed by atoms with Gasteiger partial charge >= 0.3 is 0 Å². The van der Waals surface area contributed by atoms with Gasteiger partial charge < -0.3 is 10.2 Å². The van der Waals surface area contributed by atoms with Gasteiger partial charge in [-0.25, -0.2) is 0 Å².